The number of hydrogen-bond donors (Lipinski definition) is 2. The molecule has 0 saturated carbocycles. The minimum absolute atomic E-state index is 0.0543. The normalized spacial score (nSPS) is 20.0. The summed E-state index contributed by atoms with van der Waals surface area (Å²) in [5.74, 6) is 1.81. The van der Waals surface area contributed by atoms with Crippen molar-refractivity contribution in [3.63, 3.8) is 0 Å². The predicted octanol–water partition coefficient (Wildman–Crippen LogP) is 2.45. The van der Waals surface area contributed by atoms with Crippen LogP contribution in [0.5, 0.6) is 23.0 Å². The van der Waals surface area contributed by atoms with Crippen LogP contribution in [-0.2, 0) is 6.42 Å². The number of benzene rings is 2. The highest BCUT2D eigenvalue weighted by molar-refractivity contribution is 5.46. The summed E-state index contributed by atoms with van der Waals surface area (Å²) in [5.41, 5.74) is 1.69. The molecule has 2 N–H and O–H groups in total. The van der Waals surface area contributed by atoms with E-state index in [4.69, 9.17) is 14.2 Å². The number of aromatic hydroxyl groups is 1. The molecule has 22 heavy (non-hydrogen) atoms. The maximum absolute atomic E-state index is 10.4. The predicted molar refractivity (Wildman–Crippen MR) is 80.7 cm³/mol. The van der Waals surface area contributed by atoms with Crippen LogP contribution in [0.1, 0.15) is 17.2 Å². The molecule has 0 saturated heterocycles. The van der Waals surface area contributed by atoms with Crippen LogP contribution in [0.15, 0.2) is 36.4 Å². The van der Waals surface area contributed by atoms with Crippen LogP contribution < -0.4 is 14.2 Å². The van der Waals surface area contributed by atoms with Gasteiger partial charge in [-0.05, 0) is 29.3 Å². The second-order valence-corrected chi connectivity index (χ2v) is 5.21. The van der Waals surface area contributed by atoms with E-state index in [0.717, 1.165) is 11.1 Å². The molecule has 1 aliphatic rings. The Balaban J connectivity index is 1.94. The van der Waals surface area contributed by atoms with Crippen molar-refractivity contribution in [1.82, 2.24) is 0 Å². The molecule has 0 spiro atoms. The first-order valence-corrected chi connectivity index (χ1v) is 7.01. The number of aliphatic hydroxyl groups is 1. The first kappa shape index (κ1) is 14.5. The fraction of sp³-hybridized carbons (Fsp3) is 0.294. The highest BCUT2D eigenvalue weighted by Gasteiger charge is 2.30. The Labute approximate surface area is 128 Å². The van der Waals surface area contributed by atoms with Gasteiger partial charge in [-0.1, -0.05) is 12.1 Å². The summed E-state index contributed by atoms with van der Waals surface area (Å²) < 4.78 is 16.3. The van der Waals surface area contributed by atoms with Crippen molar-refractivity contribution in [2.45, 2.75) is 18.6 Å². The van der Waals surface area contributed by atoms with E-state index >= 15 is 0 Å². The number of phenolic OH excluding ortho intramolecular Hbond substituents is 1. The van der Waals surface area contributed by atoms with Crippen molar-refractivity contribution < 1.29 is 24.4 Å². The average molecular weight is 302 g/mol. The number of methoxy groups -OCH3 is 2. The minimum atomic E-state index is -0.671. The first-order chi connectivity index (χ1) is 10.6. The van der Waals surface area contributed by atoms with Gasteiger partial charge in [-0.3, -0.25) is 0 Å². The largest absolute Gasteiger partial charge is 0.504 e. The second-order valence-electron chi connectivity index (χ2n) is 5.21. The summed E-state index contributed by atoms with van der Waals surface area (Å²) in [5, 5.41) is 20.0. The highest BCUT2D eigenvalue weighted by Crippen LogP contribution is 2.39. The van der Waals surface area contributed by atoms with Gasteiger partial charge in [-0.15, -0.1) is 0 Å². The fourth-order valence-corrected chi connectivity index (χ4v) is 2.65. The van der Waals surface area contributed by atoms with Crippen LogP contribution in [0.4, 0.5) is 0 Å². The van der Waals surface area contributed by atoms with Gasteiger partial charge in [0.15, 0.2) is 11.5 Å². The van der Waals surface area contributed by atoms with Crippen molar-refractivity contribution in [2.24, 2.45) is 0 Å². The van der Waals surface area contributed by atoms with E-state index in [2.05, 4.69) is 0 Å². The molecule has 2 aromatic carbocycles. The van der Waals surface area contributed by atoms with Crippen LogP contribution in [0.3, 0.4) is 0 Å². The molecule has 1 heterocycles. The molecule has 2 aromatic rings. The van der Waals surface area contributed by atoms with Crippen LogP contribution >= 0.6 is 0 Å². The molecule has 5 heteroatoms. The minimum Gasteiger partial charge on any atom is -0.504 e. The number of phenols is 1. The lowest BCUT2D eigenvalue weighted by atomic mass is 9.94. The van der Waals surface area contributed by atoms with Gasteiger partial charge in [0.25, 0.3) is 0 Å². The second kappa shape index (κ2) is 5.77. The molecular weight excluding hydrogens is 284 g/mol. The third-order valence-corrected chi connectivity index (χ3v) is 3.84. The number of aliphatic hydroxyl groups excluding tert-OH is 1. The molecular formula is C17H18O5. The van der Waals surface area contributed by atoms with Crippen LogP contribution in [0, 0.1) is 0 Å². The van der Waals surface area contributed by atoms with Gasteiger partial charge in [-0.2, -0.15) is 0 Å². The van der Waals surface area contributed by atoms with Crippen molar-refractivity contribution in [3.8, 4) is 23.0 Å². The summed E-state index contributed by atoms with van der Waals surface area (Å²) in [6.07, 6.45) is -0.697. The lowest BCUT2D eigenvalue weighted by Crippen LogP contribution is -2.30. The first-order valence-electron chi connectivity index (χ1n) is 7.01. The van der Waals surface area contributed by atoms with Crippen LogP contribution in [-0.4, -0.2) is 30.5 Å². The quantitative estimate of drug-likeness (QED) is 0.911. The maximum Gasteiger partial charge on any atom is 0.160 e. The third-order valence-electron chi connectivity index (χ3n) is 3.84. The summed E-state index contributed by atoms with van der Waals surface area (Å²) >= 11 is 0. The SMILES string of the molecule is COc1ccc2c(c1)OC(c1ccc(O)c(OC)c1)C(O)C2. The summed E-state index contributed by atoms with van der Waals surface area (Å²) in [6.45, 7) is 0. The molecule has 0 radical (unpaired) electrons. The smallest absolute Gasteiger partial charge is 0.160 e. The van der Waals surface area contributed by atoms with Gasteiger partial charge in [0, 0.05) is 12.5 Å². The number of fused-ring (bicyclic) bond motifs is 1. The zero-order valence-corrected chi connectivity index (χ0v) is 12.4. The molecule has 5 nitrogen and oxygen atoms in total. The number of ether oxygens (including phenoxy) is 3. The van der Waals surface area contributed by atoms with E-state index in [0.29, 0.717) is 23.7 Å². The maximum atomic E-state index is 10.4. The van der Waals surface area contributed by atoms with E-state index in [1.54, 1.807) is 19.2 Å². The summed E-state index contributed by atoms with van der Waals surface area (Å²) in [4.78, 5) is 0. The molecule has 2 atom stereocenters. The molecule has 1 aliphatic heterocycles. The summed E-state index contributed by atoms with van der Waals surface area (Å²) in [6, 6.07) is 10.5. The van der Waals surface area contributed by atoms with Gasteiger partial charge in [-0.25, -0.2) is 0 Å². The molecule has 3 rings (SSSR count). The zero-order chi connectivity index (χ0) is 15.7. The topological polar surface area (TPSA) is 68.2 Å². The summed E-state index contributed by atoms with van der Waals surface area (Å²) in [7, 11) is 3.08. The van der Waals surface area contributed by atoms with E-state index in [1.807, 2.05) is 18.2 Å². The van der Waals surface area contributed by atoms with E-state index in [1.165, 1.54) is 13.2 Å². The third kappa shape index (κ3) is 2.55. The average Bonchev–Trinajstić information content (AvgIpc) is 2.54. The lowest BCUT2D eigenvalue weighted by Gasteiger charge is -2.31. The van der Waals surface area contributed by atoms with Crippen LogP contribution in [0.2, 0.25) is 0 Å². The van der Waals surface area contributed by atoms with Gasteiger partial charge >= 0.3 is 0 Å². The Morgan fingerprint density at radius 3 is 2.64 bits per heavy atom. The van der Waals surface area contributed by atoms with Crippen LogP contribution in [0.25, 0.3) is 0 Å². The number of rotatable bonds is 3. The van der Waals surface area contributed by atoms with Crippen molar-refractivity contribution in [1.29, 1.82) is 0 Å². The Hall–Kier alpha value is -2.40. The fourth-order valence-electron chi connectivity index (χ4n) is 2.65. The standard InChI is InChI=1S/C17H18O5/c1-20-12-5-3-10-7-14(19)17(22-15(10)9-12)11-4-6-13(18)16(8-11)21-2/h3-6,8-9,14,17-19H,7H2,1-2H3. The zero-order valence-electron chi connectivity index (χ0n) is 12.4. The van der Waals surface area contributed by atoms with Gasteiger partial charge in [0.2, 0.25) is 0 Å². The highest BCUT2D eigenvalue weighted by atomic mass is 16.5. The Morgan fingerprint density at radius 1 is 1.09 bits per heavy atom. The lowest BCUT2D eigenvalue weighted by molar-refractivity contribution is 0.0205. The van der Waals surface area contributed by atoms with E-state index < -0.39 is 12.2 Å². The molecule has 0 amide bonds. The molecule has 116 valence electrons. The van der Waals surface area contributed by atoms with E-state index in [9.17, 15) is 10.2 Å². The van der Waals surface area contributed by atoms with Crippen molar-refractivity contribution in [2.75, 3.05) is 14.2 Å². The molecule has 2 unspecified atom stereocenters. The van der Waals surface area contributed by atoms with E-state index in [-0.39, 0.29) is 5.75 Å². The van der Waals surface area contributed by atoms with Crippen molar-refractivity contribution >= 4 is 0 Å². The Kier molecular flexibility index (Phi) is 3.81. The van der Waals surface area contributed by atoms with Gasteiger partial charge in [0.05, 0.1) is 20.3 Å². The monoisotopic (exact) mass is 302 g/mol. The van der Waals surface area contributed by atoms with Gasteiger partial charge in [0.1, 0.15) is 17.6 Å². The molecule has 0 aromatic heterocycles. The number of hydrogen-bond acceptors (Lipinski definition) is 5. The Bertz CT molecular complexity index is 683. The van der Waals surface area contributed by atoms with Crippen molar-refractivity contribution in [3.05, 3.63) is 47.5 Å². The van der Waals surface area contributed by atoms with Gasteiger partial charge < -0.3 is 24.4 Å². The molecule has 0 bridgehead atoms. The Morgan fingerprint density at radius 2 is 1.91 bits per heavy atom. The molecule has 0 aliphatic carbocycles. The molecule has 0 fully saturated rings.